The van der Waals surface area contributed by atoms with Gasteiger partial charge in [0.25, 0.3) is 5.56 Å². The Morgan fingerprint density at radius 3 is 2.42 bits per heavy atom. The number of aryl methyl sites for hydroxylation is 1. The van der Waals surface area contributed by atoms with Gasteiger partial charge in [-0.05, 0) is 54.7 Å². The van der Waals surface area contributed by atoms with Gasteiger partial charge in [0.2, 0.25) is 0 Å². The fourth-order valence-electron chi connectivity index (χ4n) is 4.96. The van der Waals surface area contributed by atoms with Gasteiger partial charge in [-0.15, -0.1) is 0 Å². The minimum absolute atomic E-state index is 0.0674. The van der Waals surface area contributed by atoms with Crippen LogP contribution in [-0.2, 0) is 27.6 Å². The van der Waals surface area contributed by atoms with Crippen molar-refractivity contribution in [3.05, 3.63) is 88.5 Å². The second-order valence-corrected chi connectivity index (χ2v) is 12.8. The molecule has 3 aromatic carbocycles. The molecule has 7 nitrogen and oxygen atoms in total. The highest BCUT2D eigenvalue weighted by Gasteiger charge is 2.33. The van der Waals surface area contributed by atoms with E-state index in [4.69, 9.17) is 4.98 Å². The Morgan fingerprint density at radius 2 is 1.75 bits per heavy atom. The number of ketones is 1. The molecule has 1 aromatic heterocycles. The van der Waals surface area contributed by atoms with Crippen molar-refractivity contribution < 1.29 is 13.2 Å². The van der Waals surface area contributed by atoms with Gasteiger partial charge in [-0.2, -0.15) is 0 Å². The van der Waals surface area contributed by atoms with Crippen LogP contribution in [0.5, 0.6) is 0 Å². The summed E-state index contributed by atoms with van der Waals surface area (Å²) >= 11 is 0. The van der Waals surface area contributed by atoms with E-state index in [1.54, 1.807) is 28.8 Å². The van der Waals surface area contributed by atoms with Crippen LogP contribution in [0.2, 0.25) is 0 Å². The molecule has 1 saturated carbocycles. The summed E-state index contributed by atoms with van der Waals surface area (Å²) < 4.78 is 28.0. The van der Waals surface area contributed by atoms with Gasteiger partial charge in [-0.1, -0.05) is 55.8 Å². The first-order valence-corrected chi connectivity index (χ1v) is 15.5. The van der Waals surface area contributed by atoms with Crippen molar-refractivity contribution in [2.24, 2.45) is 5.92 Å². The van der Waals surface area contributed by atoms with Crippen LogP contribution in [0.15, 0.2) is 76.4 Å². The van der Waals surface area contributed by atoms with Crippen molar-refractivity contribution in [1.82, 2.24) is 9.55 Å². The third-order valence-corrected chi connectivity index (χ3v) is 9.17. The molecule has 0 saturated heterocycles. The Balaban J connectivity index is 1.46. The van der Waals surface area contributed by atoms with Crippen LogP contribution < -0.4 is 10.5 Å². The SMILES string of the molecule is CCCCc1nc2cc(N(C)C)ccc2c(=O)n1Cc1ccc(-c2ccccc2S(=O)(=O)CC(=O)C2CC2)cc1. The Kier molecular flexibility index (Phi) is 7.90. The molecule has 0 radical (unpaired) electrons. The van der Waals surface area contributed by atoms with E-state index < -0.39 is 15.6 Å². The number of anilines is 1. The van der Waals surface area contributed by atoms with Crippen LogP contribution in [0.3, 0.4) is 0 Å². The molecule has 5 rings (SSSR count). The molecule has 0 unspecified atom stereocenters. The molecule has 208 valence electrons. The van der Waals surface area contributed by atoms with Gasteiger partial charge in [-0.25, -0.2) is 13.4 Å². The average molecular weight is 558 g/mol. The number of benzene rings is 3. The van der Waals surface area contributed by atoms with E-state index >= 15 is 0 Å². The number of nitrogens with zero attached hydrogens (tertiary/aromatic N) is 3. The predicted molar refractivity (Wildman–Crippen MR) is 160 cm³/mol. The molecular weight excluding hydrogens is 522 g/mol. The van der Waals surface area contributed by atoms with Crippen molar-refractivity contribution in [3.8, 4) is 11.1 Å². The average Bonchev–Trinajstić information content (AvgIpc) is 3.79. The Labute approximate surface area is 235 Å². The minimum Gasteiger partial charge on any atom is -0.378 e. The summed E-state index contributed by atoms with van der Waals surface area (Å²) in [5, 5.41) is 0.586. The Bertz CT molecular complexity index is 1720. The van der Waals surface area contributed by atoms with E-state index in [-0.39, 0.29) is 22.2 Å². The van der Waals surface area contributed by atoms with Crippen LogP contribution >= 0.6 is 0 Å². The second-order valence-electron chi connectivity index (χ2n) is 10.8. The highest BCUT2D eigenvalue weighted by molar-refractivity contribution is 7.92. The quantitative estimate of drug-likeness (QED) is 0.250. The summed E-state index contributed by atoms with van der Waals surface area (Å²) in [6.45, 7) is 2.48. The van der Waals surface area contributed by atoms with Crippen LogP contribution in [-0.4, -0.2) is 43.6 Å². The Hall–Kier alpha value is -3.78. The molecule has 0 aliphatic heterocycles. The van der Waals surface area contributed by atoms with Gasteiger partial charge in [0.05, 0.1) is 22.3 Å². The molecule has 0 bridgehead atoms. The van der Waals surface area contributed by atoms with Crippen molar-refractivity contribution >= 4 is 32.2 Å². The number of hydrogen-bond acceptors (Lipinski definition) is 6. The lowest BCUT2D eigenvalue weighted by atomic mass is 10.0. The number of Topliss-reactive ketones (excluding diaryl/α,β-unsaturated/α-hetero) is 1. The van der Waals surface area contributed by atoms with Gasteiger partial charge in [0.15, 0.2) is 15.6 Å². The third kappa shape index (κ3) is 5.87. The van der Waals surface area contributed by atoms with Crippen molar-refractivity contribution in [1.29, 1.82) is 0 Å². The van der Waals surface area contributed by atoms with Crippen LogP contribution in [0, 0.1) is 5.92 Å². The maximum Gasteiger partial charge on any atom is 0.261 e. The number of carbonyl (C=O) groups excluding carboxylic acids is 1. The summed E-state index contributed by atoms with van der Waals surface area (Å²) in [5.41, 5.74) is 3.86. The molecule has 0 N–H and O–H groups in total. The van der Waals surface area contributed by atoms with Gasteiger partial charge >= 0.3 is 0 Å². The molecule has 0 spiro atoms. The first kappa shape index (κ1) is 27.8. The lowest BCUT2D eigenvalue weighted by Crippen LogP contribution is -2.26. The maximum atomic E-state index is 13.6. The molecule has 0 atom stereocenters. The van der Waals surface area contributed by atoms with Crippen LogP contribution in [0.25, 0.3) is 22.0 Å². The molecular formula is C32H35N3O4S. The van der Waals surface area contributed by atoms with E-state index in [0.29, 0.717) is 29.4 Å². The van der Waals surface area contributed by atoms with E-state index in [9.17, 15) is 18.0 Å². The van der Waals surface area contributed by atoms with Crippen molar-refractivity contribution in [3.63, 3.8) is 0 Å². The first-order valence-electron chi connectivity index (χ1n) is 13.8. The zero-order valence-corrected chi connectivity index (χ0v) is 24.1. The molecule has 8 heteroatoms. The molecule has 40 heavy (non-hydrogen) atoms. The number of carbonyl (C=O) groups is 1. The highest BCUT2D eigenvalue weighted by Crippen LogP contribution is 2.33. The normalized spacial score (nSPS) is 13.5. The van der Waals surface area contributed by atoms with Gasteiger partial charge in [-0.3, -0.25) is 14.2 Å². The molecule has 4 aromatic rings. The summed E-state index contributed by atoms with van der Waals surface area (Å²) in [5.74, 6) is 0.000263. The summed E-state index contributed by atoms with van der Waals surface area (Å²) in [6, 6.07) is 20.1. The van der Waals surface area contributed by atoms with Crippen LogP contribution in [0.1, 0.15) is 44.0 Å². The fourth-order valence-corrected chi connectivity index (χ4v) is 6.53. The van der Waals surface area contributed by atoms with E-state index in [2.05, 4.69) is 6.92 Å². The lowest BCUT2D eigenvalue weighted by Gasteiger charge is -2.16. The fraction of sp³-hybridized carbons (Fsp3) is 0.344. The third-order valence-electron chi connectivity index (χ3n) is 7.48. The summed E-state index contributed by atoms with van der Waals surface area (Å²) in [4.78, 5) is 33.0. The van der Waals surface area contributed by atoms with Gasteiger partial charge in [0.1, 0.15) is 11.6 Å². The van der Waals surface area contributed by atoms with E-state index in [1.807, 2.05) is 61.5 Å². The second kappa shape index (κ2) is 11.4. The molecule has 0 amide bonds. The largest absolute Gasteiger partial charge is 0.378 e. The van der Waals surface area contributed by atoms with E-state index in [1.165, 1.54) is 0 Å². The standard InChI is InChI=1S/C32H35N3O4S/c1-4-5-10-31-33-28-19-25(34(2)3)17-18-27(28)32(37)35(31)20-22-11-13-23(14-12-22)26-8-6-7-9-30(26)40(38,39)21-29(36)24-15-16-24/h6-9,11-14,17-19,24H,4-5,10,15-16,20-21H2,1-3H3. The number of rotatable bonds is 11. The lowest BCUT2D eigenvalue weighted by molar-refractivity contribution is -0.117. The summed E-state index contributed by atoms with van der Waals surface area (Å²) in [7, 11) is 0.170. The van der Waals surface area contributed by atoms with E-state index in [0.717, 1.165) is 48.3 Å². The molecule has 1 aliphatic carbocycles. The smallest absolute Gasteiger partial charge is 0.261 e. The number of hydrogen-bond donors (Lipinski definition) is 0. The Morgan fingerprint density at radius 1 is 1.02 bits per heavy atom. The maximum absolute atomic E-state index is 13.6. The number of sulfone groups is 1. The molecule has 1 aliphatic rings. The monoisotopic (exact) mass is 557 g/mol. The van der Waals surface area contributed by atoms with Gasteiger partial charge in [0, 0.05) is 37.7 Å². The number of fused-ring (bicyclic) bond motifs is 1. The van der Waals surface area contributed by atoms with Gasteiger partial charge < -0.3 is 4.90 Å². The highest BCUT2D eigenvalue weighted by atomic mass is 32.2. The predicted octanol–water partition coefficient (Wildman–Crippen LogP) is 5.27. The minimum atomic E-state index is -3.76. The topological polar surface area (TPSA) is 89.3 Å². The zero-order chi connectivity index (χ0) is 28.4. The zero-order valence-electron chi connectivity index (χ0n) is 23.3. The summed E-state index contributed by atoms with van der Waals surface area (Å²) in [6.07, 6.45) is 4.19. The van der Waals surface area contributed by atoms with Crippen molar-refractivity contribution in [2.75, 3.05) is 24.7 Å². The van der Waals surface area contributed by atoms with Crippen molar-refractivity contribution in [2.45, 2.75) is 50.5 Å². The van der Waals surface area contributed by atoms with Crippen LogP contribution in [0.4, 0.5) is 5.69 Å². The first-order chi connectivity index (χ1) is 19.2. The number of unbranched alkanes of at least 4 members (excludes halogenated alkanes) is 1. The molecule has 1 heterocycles. The number of aromatic nitrogens is 2. The molecule has 1 fully saturated rings.